The molecule has 1 aliphatic rings. The number of allylic oxidation sites excluding steroid dienone is 1. The molecule has 0 amide bonds. The van der Waals surface area contributed by atoms with E-state index in [0.29, 0.717) is 0 Å². The van der Waals surface area contributed by atoms with Gasteiger partial charge in [0.1, 0.15) is 0 Å². The van der Waals surface area contributed by atoms with Gasteiger partial charge in [-0.3, -0.25) is 0 Å². The van der Waals surface area contributed by atoms with Crippen molar-refractivity contribution in [2.75, 3.05) is 0 Å². The minimum Gasteiger partial charge on any atom is -0.151 e. The highest BCUT2D eigenvalue weighted by Crippen LogP contribution is 1.98. The summed E-state index contributed by atoms with van der Waals surface area (Å²) >= 11 is 1.34. The molecule has 0 atom stereocenters. The molecule has 1 radical (unpaired) electrons. The van der Waals surface area contributed by atoms with Crippen molar-refractivity contribution in [3.05, 3.63) is 11.5 Å². The Morgan fingerprint density at radius 1 is 1.50 bits per heavy atom. The molecule has 0 aromatic rings. The minimum atomic E-state index is 1.34. The van der Waals surface area contributed by atoms with Crippen LogP contribution in [0.2, 0.25) is 0 Å². The van der Waals surface area contributed by atoms with Gasteiger partial charge < -0.3 is 0 Å². The zero-order valence-corrected chi connectivity index (χ0v) is 3.85. The molecule has 0 aromatic carbocycles. The third-order valence-corrected chi connectivity index (χ3v) is 0.854. The molecule has 1 heterocycles. The van der Waals surface area contributed by atoms with Gasteiger partial charge in [-0.1, -0.05) is 0 Å². The van der Waals surface area contributed by atoms with Crippen molar-refractivity contribution in [2.24, 2.45) is 5.10 Å². The van der Waals surface area contributed by atoms with Crippen LogP contribution in [0, 0.1) is 0 Å². The summed E-state index contributed by atoms with van der Waals surface area (Å²) in [7, 11) is 0. The van der Waals surface area contributed by atoms with E-state index in [0.717, 1.165) is 0 Å². The highest BCUT2D eigenvalue weighted by molar-refractivity contribution is 8.00. The van der Waals surface area contributed by atoms with Crippen LogP contribution >= 0.6 is 11.9 Å². The zero-order valence-electron chi connectivity index (χ0n) is 3.03. The number of hydrogen-bond acceptors (Lipinski definition) is 2. The molecule has 6 heavy (non-hydrogen) atoms. The summed E-state index contributed by atoms with van der Waals surface area (Å²) in [5, 5.41) is 5.42. The van der Waals surface area contributed by atoms with Crippen molar-refractivity contribution in [1.29, 1.82) is 0 Å². The molecule has 0 N–H and O–H groups in total. The van der Waals surface area contributed by atoms with Gasteiger partial charge in [-0.2, -0.15) is 5.10 Å². The Morgan fingerprint density at radius 3 is 2.67 bits per heavy atom. The fourth-order valence-corrected chi connectivity index (χ4v) is 0.494. The van der Waals surface area contributed by atoms with Gasteiger partial charge in [0.05, 0.1) is 6.21 Å². The number of hydrogen-bond donors (Lipinski definition) is 0. The van der Waals surface area contributed by atoms with Crippen LogP contribution in [0.25, 0.3) is 0 Å². The molecule has 0 saturated carbocycles. The lowest BCUT2D eigenvalue weighted by atomic mass is 10.7. The molecule has 3 heteroatoms. The summed E-state index contributed by atoms with van der Waals surface area (Å²) in [6.07, 6.45) is 3.49. The molecular formula is C3H3N2S. The predicted molar refractivity (Wildman–Crippen MR) is 27.4 cm³/mol. The van der Waals surface area contributed by atoms with Gasteiger partial charge in [0.15, 0.2) is 0 Å². The van der Waals surface area contributed by atoms with E-state index in [1.165, 1.54) is 11.9 Å². The summed E-state index contributed by atoms with van der Waals surface area (Å²) in [5.74, 6) is 0. The van der Waals surface area contributed by atoms with E-state index in [2.05, 4.69) is 9.93 Å². The number of nitrogens with zero attached hydrogens (tertiary/aromatic N) is 2. The molecule has 0 unspecified atom stereocenters. The molecule has 0 bridgehead atoms. The van der Waals surface area contributed by atoms with Gasteiger partial charge in [0.25, 0.3) is 0 Å². The van der Waals surface area contributed by atoms with E-state index in [1.807, 2.05) is 11.5 Å². The lowest BCUT2D eigenvalue weighted by Crippen LogP contribution is -1.82. The van der Waals surface area contributed by atoms with Gasteiger partial charge in [-0.05, 0) is 11.5 Å². The van der Waals surface area contributed by atoms with Gasteiger partial charge in [0.2, 0.25) is 0 Å². The SMILES string of the molecule is C1=CS[N]N=C1. The van der Waals surface area contributed by atoms with E-state index in [9.17, 15) is 0 Å². The maximum Gasteiger partial charge on any atom is 0.0508 e. The van der Waals surface area contributed by atoms with E-state index in [-0.39, 0.29) is 0 Å². The van der Waals surface area contributed by atoms with Crippen molar-refractivity contribution in [2.45, 2.75) is 0 Å². The van der Waals surface area contributed by atoms with Gasteiger partial charge in [-0.25, -0.2) is 0 Å². The lowest BCUT2D eigenvalue weighted by molar-refractivity contribution is 1.11. The quantitative estimate of drug-likeness (QED) is 0.411. The second-order valence-electron chi connectivity index (χ2n) is 0.780. The van der Waals surface area contributed by atoms with Crippen molar-refractivity contribution in [1.82, 2.24) is 4.83 Å². The van der Waals surface area contributed by atoms with Crippen LogP contribution in [0.5, 0.6) is 0 Å². The van der Waals surface area contributed by atoms with Gasteiger partial charge >= 0.3 is 0 Å². The summed E-state index contributed by atoms with van der Waals surface area (Å²) in [4.78, 5) is 3.58. The fourth-order valence-electron chi connectivity index (χ4n) is 0.190. The smallest absolute Gasteiger partial charge is 0.0508 e. The zero-order chi connectivity index (χ0) is 4.24. The molecule has 0 aliphatic carbocycles. The lowest BCUT2D eigenvalue weighted by Gasteiger charge is -1.87. The van der Waals surface area contributed by atoms with Crippen LogP contribution in [0.4, 0.5) is 0 Å². The Hall–Kier alpha value is -0.440. The first-order valence-corrected chi connectivity index (χ1v) is 2.38. The molecule has 0 fully saturated rings. The molecule has 2 nitrogen and oxygen atoms in total. The summed E-state index contributed by atoms with van der Waals surface area (Å²) < 4.78 is 0. The van der Waals surface area contributed by atoms with E-state index < -0.39 is 0 Å². The standard InChI is InChI=1S/C3H3N2S/c1-2-4-5-6-3-1/h1-3H. The molecule has 0 saturated heterocycles. The highest BCUT2D eigenvalue weighted by atomic mass is 32.2. The Bertz CT molecular complexity index is 74.8. The van der Waals surface area contributed by atoms with Crippen molar-refractivity contribution < 1.29 is 0 Å². The third-order valence-electron chi connectivity index (χ3n) is 0.386. The average Bonchev–Trinajstić information content (AvgIpc) is 1.72. The first-order valence-electron chi connectivity index (χ1n) is 1.54. The Balaban J connectivity index is 2.46. The van der Waals surface area contributed by atoms with Crippen LogP contribution < -0.4 is 4.83 Å². The largest absolute Gasteiger partial charge is 0.151 e. The van der Waals surface area contributed by atoms with E-state index >= 15 is 0 Å². The Labute approximate surface area is 40.4 Å². The van der Waals surface area contributed by atoms with Crippen LogP contribution in [0.15, 0.2) is 16.6 Å². The highest BCUT2D eigenvalue weighted by Gasteiger charge is 1.79. The topological polar surface area (TPSA) is 26.5 Å². The first-order chi connectivity index (χ1) is 3.00. The molecule has 31 valence electrons. The maximum absolute atomic E-state index is 3.58. The van der Waals surface area contributed by atoms with Crippen molar-refractivity contribution in [3.8, 4) is 0 Å². The summed E-state index contributed by atoms with van der Waals surface area (Å²) in [5.41, 5.74) is 0. The van der Waals surface area contributed by atoms with Crippen LogP contribution in [-0.2, 0) is 0 Å². The first kappa shape index (κ1) is 3.74. The Kier molecular flexibility index (Phi) is 1.17. The van der Waals surface area contributed by atoms with Crippen LogP contribution in [0.1, 0.15) is 0 Å². The predicted octanol–water partition coefficient (Wildman–Crippen LogP) is 0.752. The normalized spacial score (nSPS) is 17.3. The molecule has 0 aromatic heterocycles. The third kappa shape index (κ3) is 0.755. The van der Waals surface area contributed by atoms with Crippen LogP contribution in [-0.4, -0.2) is 6.21 Å². The Morgan fingerprint density at radius 2 is 2.50 bits per heavy atom. The minimum absolute atomic E-state index is 1.34. The summed E-state index contributed by atoms with van der Waals surface area (Å²) in [6.45, 7) is 0. The monoisotopic (exact) mass is 99.0 g/mol. The molecule has 0 spiro atoms. The number of rotatable bonds is 0. The summed E-state index contributed by atoms with van der Waals surface area (Å²) in [6, 6.07) is 0. The maximum atomic E-state index is 3.58. The van der Waals surface area contributed by atoms with Gasteiger partial charge in [0, 0.05) is 11.9 Å². The van der Waals surface area contributed by atoms with Crippen molar-refractivity contribution >= 4 is 18.2 Å². The second kappa shape index (κ2) is 1.87. The fraction of sp³-hybridized carbons (Fsp3) is 0. The van der Waals surface area contributed by atoms with Crippen LogP contribution in [0.3, 0.4) is 0 Å². The second-order valence-corrected chi connectivity index (χ2v) is 1.43. The molecular weight excluding hydrogens is 96.1 g/mol. The molecule has 1 aliphatic heterocycles. The molecule has 1 rings (SSSR count). The van der Waals surface area contributed by atoms with E-state index in [1.54, 1.807) is 6.21 Å². The van der Waals surface area contributed by atoms with Crippen molar-refractivity contribution in [3.63, 3.8) is 0 Å². The van der Waals surface area contributed by atoms with E-state index in [4.69, 9.17) is 0 Å². The average molecular weight is 99.1 g/mol. The van der Waals surface area contributed by atoms with Gasteiger partial charge in [-0.15, -0.1) is 4.83 Å².